The second kappa shape index (κ2) is 2.54. The maximum Gasteiger partial charge on any atom is 0.225 e. The van der Waals surface area contributed by atoms with Crippen LogP contribution in [0.4, 0.5) is 0 Å². The average molecular weight is 183 g/mol. The molecule has 1 saturated heterocycles. The van der Waals surface area contributed by atoms with E-state index in [4.69, 9.17) is 0 Å². The van der Waals surface area contributed by atoms with E-state index in [1.165, 1.54) is 4.88 Å². The molecule has 1 aromatic heterocycles. The van der Waals surface area contributed by atoms with Gasteiger partial charge in [-0.3, -0.25) is 0 Å². The molecule has 12 heavy (non-hydrogen) atoms. The van der Waals surface area contributed by atoms with Crippen molar-refractivity contribution >= 4 is 11.3 Å². The number of nitrogens with zero attached hydrogens (tertiary/aromatic N) is 1. The topological polar surface area (TPSA) is 25.8 Å². The maximum absolute atomic E-state index is 3.31. The lowest BCUT2D eigenvalue weighted by Gasteiger charge is -2.09. The molecule has 0 aromatic carbocycles. The molecule has 3 heteroatoms. The molecule has 0 amide bonds. The Hall–Kier alpha value is -0.410. The first-order valence-corrected chi connectivity index (χ1v) is 5.19. The Kier molecular flexibility index (Phi) is 1.73. The molecule has 0 aliphatic carbocycles. The van der Waals surface area contributed by atoms with Crippen molar-refractivity contribution in [1.82, 2.24) is 5.32 Å². The molecule has 66 valence electrons. The average Bonchev–Trinajstić information content (AvgIpc) is 2.66. The van der Waals surface area contributed by atoms with Gasteiger partial charge in [0.05, 0.1) is 10.9 Å². The number of hydrogen-bond acceptors (Lipinski definition) is 2. The van der Waals surface area contributed by atoms with Gasteiger partial charge in [-0.05, 0) is 0 Å². The van der Waals surface area contributed by atoms with Gasteiger partial charge in [0.15, 0.2) is 11.7 Å². The fourth-order valence-electron chi connectivity index (χ4n) is 1.10. The van der Waals surface area contributed by atoms with Gasteiger partial charge in [-0.2, -0.15) is 4.57 Å². The summed E-state index contributed by atoms with van der Waals surface area (Å²) >= 11 is 1.85. The second-order valence-corrected chi connectivity index (χ2v) is 5.21. The molecule has 0 radical (unpaired) electrons. The molecule has 1 N–H and O–H groups in total. The van der Waals surface area contributed by atoms with Crippen molar-refractivity contribution in [2.24, 2.45) is 0 Å². The van der Waals surface area contributed by atoms with E-state index in [-0.39, 0.29) is 5.54 Å². The Bertz CT molecular complexity index is 281. The molecule has 2 rings (SSSR count). The fraction of sp³-hybridized carbons (Fsp3) is 0.667. The van der Waals surface area contributed by atoms with Crippen LogP contribution in [-0.2, 0) is 5.54 Å². The quantitative estimate of drug-likeness (QED) is 0.517. The van der Waals surface area contributed by atoms with Crippen molar-refractivity contribution in [1.29, 1.82) is 0 Å². The van der Waals surface area contributed by atoms with Crippen LogP contribution in [0.15, 0.2) is 11.7 Å². The molecule has 1 aromatic rings. The summed E-state index contributed by atoms with van der Waals surface area (Å²) in [6.45, 7) is 7.84. The third-order valence-corrected chi connectivity index (χ3v) is 3.09. The predicted molar refractivity (Wildman–Crippen MR) is 50.3 cm³/mol. The van der Waals surface area contributed by atoms with Crippen molar-refractivity contribution in [2.75, 3.05) is 6.54 Å². The normalized spacial score (nSPS) is 22.8. The number of hydrogen-bond donors (Lipinski definition) is 1. The fourth-order valence-corrected chi connectivity index (χ4v) is 2.22. The Balaban J connectivity index is 2.23. The Morgan fingerprint density at radius 1 is 1.58 bits per heavy atom. The van der Waals surface area contributed by atoms with Crippen LogP contribution >= 0.6 is 11.3 Å². The van der Waals surface area contributed by atoms with Crippen LogP contribution in [-0.4, -0.2) is 6.54 Å². The highest BCUT2D eigenvalue weighted by Crippen LogP contribution is 2.24. The Morgan fingerprint density at radius 3 is 2.67 bits per heavy atom. The van der Waals surface area contributed by atoms with E-state index in [0.29, 0.717) is 6.04 Å². The highest BCUT2D eigenvalue weighted by Gasteiger charge is 2.30. The summed E-state index contributed by atoms with van der Waals surface area (Å²) in [6.07, 6.45) is 2.26. The van der Waals surface area contributed by atoms with E-state index in [2.05, 4.69) is 42.4 Å². The number of nitrogens with one attached hydrogen (secondary N) is 1. The van der Waals surface area contributed by atoms with Gasteiger partial charge in [0.25, 0.3) is 0 Å². The van der Waals surface area contributed by atoms with Gasteiger partial charge >= 0.3 is 0 Å². The molecule has 2 nitrogen and oxygen atoms in total. The Morgan fingerprint density at radius 2 is 2.25 bits per heavy atom. The third kappa shape index (κ3) is 1.52. The SMILES string of the molecule is CC(C)(C)[n+]1csc(C2CN2)c1. The summed E-state index contributed by atoms with van der Waals surface area (Å²) in [6, 6.07) is 0.651. The van der Waals surface area contributed by atoms with Gasteiger partial charge < -0.3 is 5.32 Å². The molecular formula is C9H15N2S+. The minimum atomic E-state index is 0.226. The Labute approximate surface area is 77.2 Å². The first-order chi connectivity index (χ1) is 5.57. The zero-order valence-electron chi connectivity index (χ0n) is 7.79. The van der Waals surface area contributed by atoms with E-state index in [9.17, 15) is 0 Å². The zero-order valence-corrected chi connectivity index (χ0v) is 8.61. The molecule has 1 unspecified atom stereocenters. The lowest BCUT2D eigenvalue weighted by molar-refractivity contribution is -0.750. The number of rotatable bonds is 1. The van der Waals surface area contributed by atoms with Gasteiger partial charge in [0, 0.05) is 27.3 Å². The number of thiazole rings is 1. The summed E-state index contributed by atoms with van der Waals surface area (Å²) in [7, 11) is 0. The smallest absolute Gasteiger partial charge is 0.225 e. The molecule has 1 atom stereocenters. The van der Waals surface area contributed by atoms with Crippen molar-refractivity contribution in [3.63, 3.8) is 0 Å². The third-order valence-electron chi connectivity index (χ3n) is 2.09. The van der Waals surface area contributed by atoms with Gasteiger partial charge in [0.1, 0.15) is 0 Å². The summed E-state index contributed by atoms with van der Waals surface area (Å²) in [5, 5.41) is 3.31. The van der Waals surface area contributed by atoms with Gasteiger partial charge in [-0.1, -0.05) is 11.3 Å². The van der Waals surface area contributed by atoms with E-state index < -0.39 is 0 Å². The van der Waals surface area contributed by atoms with Crippen molar-refractivity contribution in [2.45, 2.75) is 32.4 Å². The van der Waals surface area contributed by atoms with Crippen LogP contribution in [0.1, 0.15) is 31.7 Å². The maximum atomic E-state index is 3.31. The molecule has 2 heterocycles. The summed E-state index contributed by atoms with van der Waals surface area (Å²) < 4.78 is 2.28. The molecule has 1 fully saturated rings. The van der Waals surface area contributed by atoms with Crippen LogP contribution in [0, 0.1) is 0 Å². The minimum Gasteiger partial charge on any atom is -0.306 e. The van der Waals surface area contributed by atoms with Gasteiger partial charge in [0.2, 0.25) is 5.51 Å². The lowest BCUT2D eigenvalue weighted by Crippen LogP contribution is -2.48. The van der Waals surface area contributed by atoms with Crippen LogP contribution in [0.3, 0.4) is 0 Å². The van der Waals surface area contributed by atoms with E-state index in [0.717, 1.165) is 6.54 Å². The van der Waals surface area contributed by atoms with Crippen molar-refractivity contribution < 1.29 is 4.57 Å². The molecule has 1 aliphatic heterocycles. The highest BCUT2D eigenvalue weighted by atomic mass is 32.1. The molecule has 0 saturated carbocycles. The van der Waals surface area contributed by atoms with E-state index in [1.807, 2.05) is 11.3 Å². The standard InChI is InChI=1S/C9H15N2S/c1-9(2,3)11-5-8(12-6-11)7-4-10-7/h5-7,10H,4H2,1-3H3/q+1. The second-order valence-electron chi connectivity index (χ2n) is 4.29. The van der Waals surface area contributed by atoms with Crippen molar-refractivity contribution in [3.05, 3.63) is 16.6 Å². The number of aromatic nitrogens is 1. The lowest BCUT2D eigenvalue weighted by atomic mass is 10.1. The zero-order chi connectivity index (χ0) is 8.77. The summed E-state index contributed by atoms with van der Waals surface area (Å²) in [4.78, 5) is 1.46. The first kappa shape index (κ1) is 8.20. The molecule has 1 aliphatic rings. The van der Waals surface area contributed by atoms with E-state index in [1.54, 1.807) is 0 Å². The summed E-state index contributed by atoms with van der Waals surface area (Å²) in [5.74, 6) is 0. The van der Waals surface area contributed by atoms with Crippen LogP contribution in [0.25, 0.3) is 0 Å². The molecule has 0 bridgehead atoms. The van der Waals surface area contributed by atoms with Gasteiger partial charge in [-0.15, -0.1) is 0 Å². The monoisotopic (exact) mass is 183 g/mol. The van der Waals surface area contributed by atoms with Gasteiger partial charge in [-0.25, -0.2) is 0 Å². The molecule has 0 spiro atoms. The van der Waals surface area contributed by atoms with Crippen LogP contribution in [0.5, 0.6) is 0 Å². The largest absolute Gasteiger partial charge is 0.306 e. The van der Waals surface area contributed by atoms with E-state index >= 15 is 0 Å². The summed E-state index contributed by atoms with van der Waals surface area (Å²) in [5.41, 5.74) is 2.43. The van der Waals surface area contributed by atoms with Crippen LogP contribution in [0.2, 0.25) is 0 Å². The first-order valence-electron chi connectivity index (χ1n) is 4.31. The predicted octanol–water partition coefficient (Wildman–Crippen LogP) is 1.43. The van der Waals surface area contributed by atoms with Crippen molar-refractivity contribution in [3.8, 4) is 0 Å². The van der Waals surface area contributed by atoms with Crippen LogP contribution < -0.4 is 9.88 Å². The molecular weight excluding hydrogens is 168 g/mol. The highest BCUT2D eigenvalue weighted by molar-refractivity contribution is 7.09. The minimum absolute atomic E-state index is 0.226.